The van der Waals surface area contributed by atoms with Crippen LogP contribution < -0.4 is 5.32 Å². The molecule has 3 rings (SSSR count). The van der Waals surface area contributed by atoms with Gasteiger partial charge in [0.2, 0.25) is 0 Å². The van der Waals surface area contributed by atoms with E-state index >= 15 is 0 Å². The van der Waals surface area contributed by atoms with Crippen molar-refractivity contribution >= 4 is 16.8 Å². The van der Waals surface area contributed by atoms with Gasteiger partial charge in [-0.15, -0.1) is 0 Å². The van der Waals surface area contributed by atoms with Gasteiger partial charge in [0.1, 0.15) is 5.69 Å². The summed E-state index contributed by atoms with van der Waals surface area (Å²) in [5, 5.41) is 4.55. The number of piperazine rings is 1. The van der Waals surface area contributed by atoms with Crippen molar-refractivity contribution in [3.63, 3.8) is 0 Å². The Labute approximate surface area is 138 Å². The molecule has 2 heterocycles. The molecule has 1 saturated heterocycles. The average Bonchev–Trinajstić information content (AvgIpc) is 2.87. The number of carbonyl (C=O) groups excluding carboxylic acids is 1. The quantitative estimate of drug-likeness (QED) is 0.849. The van der Waals surface area contributed by atoms with Crippen LogP contribution in [0.15, 0.2) is 24.3 Å². The fourth-order valence-electron chi connectivity index (χ4n) is 3.20. The van der Waals surface area contributed by atoms with Gasteiger partial charge in [0, 0.05) is 36.1 Å². The molecule has 1 aliphatic rings. The number of benzene rings is 1. The lowest BCUT2D eigenvalue weighted by molar-refractivity contribution is 0.0647. The zero-order chi connectivity index (χ0) is 16.8. The number of carbonyl (C=O) groups is 1. The minimum atomic E-state index is -0.0284. The molecule has 0 aliphatic carbocycles. The third-order valence-corrected chi connectivity index (χ3v) is 4.58. The molecule has 124 valence electrons. The van der Waals surface area contributed by atoms with Crippen LogP contribution in [-0.2, 0) is 5.41 Å². The van der Waals surface area contributed by atoms with Gasteiger partial charge < -0.3 is 15.2 Å². The Morgan fingerprint density at radius 1 is 1.22 bits per heavy atom. The molecule has 2 aromatic rings. The van der Waals surface area contributed by atoms with Gasteiger partial charge in [-0.05, 0) is 43.0 Å². The first-order valence-electron chi connectivity index (χ1n) is 8.33. The summed E-state index contributed by atoms with van der Waals surface area (Å²) < 4.78 is 0. The molecule has 0 radical (unpaired) electrons. The fraction of sp³-hybridized carbons (Fsp3) is 0.526. The van der Waals surface area contributed by atoms with Crippen LogP contribution in [0, 0.1) is 0 Å². The van der Waals surface area contributed by atoms with Crippen molar-refractivity contribution < 1.29 is 4.79 Å². The molecule has 4 nitrogen and oxygen atoms in total. The zero-order valence-corrected chi connectivity index (χ0v) is 14.8. The maximum absolute atomic E-state index is 12.8. The van der Waals surface area contributed by atoms with Crippen molar-refractivity contribution in [3.8, 4) is 0 Å². The number of rotatable bonds is 1. The maximum Gasteiger partial charge on any atom is 0.270 e. The van der Waals surface area contributed by atoms with E-state index in [9.17, 15) is 4.79 Å². The number of amides is 1. The summed E-state index contributed by atoms with van der Waals surface area (Å²) in [5.41, 5.74) is 3.07. The van der Waals surface area contributed by atoms with E-state index in [1.807, 2.05) is 11.0 Å². The van der Waals surface area contributed by atoms with Gasteiger partial charge in [-0.1, -0.05) is 26.8 Å². The number of fused-ring (bicyclic) bond motifs is 1. The smallest absolute Gasteiger partial charge is 0.270 e. The Morgan fingerprint density at radius 2 is 1.96 bits per heavy atom. The molecule has 0 saturated carbocycles. The summed E-state index contributed by atoms with van der Waals surface area (Å²) in [5.74, 6) is 0.0908. The number of nitrogens with zero attached hydrogens (tertiary/aromatic N) is 1. The molecule has 23 heavy (non-hydrogen) atoms. The normalized spacial score (nSPS) is 18.4. The van der Waals surface area contributed by atoms with Crippen molar-refractivity contribution in [1.29, 1.82) is 0 Å². The van der Waals surface area contributed by atoms with Crippen LogP contribution in [0.5, 0.6) is 0 Å². The topological polar surface area (TPSA) is 48.1 Å². The highest BCUT2D eigenvalue weighted by atomic mass is 16.2. The SMILES string of the molecule is CC1(C)CN(C(=O)c2cc3cc(C(C)(C)C)ccc3[nH]2)CCN1. The molecule has 1 aromatic carbocycles. The molecule has 0 bridgehead atoms. The Hall–Kier alpha value is -1.81. The van der Waals surface area contributed by atoms with Crippen LogP contribution in [-0.4, -0.2) is 41.0 Å². The Balaban J connectivity index is 1.89. The lowest BCUT2D eigenvalue weighted by Gasteiger charge is -2.38. The third kappa shape index (κ3) is 3.27. The van der Waals surface area contributed by atoms with E-state index in [-0.39, 0.29) is 16.9 Å². The molecule has 0 atom stereocenters. The highest BCUT2D eigenvalue weighted by molar-refractivity contribution is 5.98. The number of aromatic nitrogens is 1. The highest BCUT2D eigenvalue weighted by Gasteiger charge is 2.29. The Morgan fingerprint density at radius 3 is 2.61 bits per heavy atom. The van der Waals surface area contributed by atoms with Crippen molar-refractivity contribution in [3.05, 3.63) is 35.5 Å². The molecule has 1 aliphatic heterocycles. The average molecular weight is 313 g/mol. The Kier molecular flexibility index (Phi) is 3.75. The largest absolute Gasteiger partial charge is 0.351 e. The van der Waals surface area contributed by atoms with Crippen molar-refractivity contribution in [2.75, 3.05) is 19.6 Å². The molecule has 1 fully saturated rings. The van der Waals surface area contributed by atoms with Crippen LogP contribution in [0.3, 0.4) is 0 Å². The monoisotopic (exact) mass is 313 g/mol. The second-order valence-electron chi connectivity index (χ2n) is 8.27. The number of hydrogen-bond acceptors (Lipinski definition) is 2. The molecule has 1 amide bonds. The van der Waals surface area contributed by atoms with E-state index in [4.69, 9.17) is 0 Å². The minimum Gasteiger partial charge on any atom is -0.351 e. The summed E-state index contributed by atoms with van der Waals surface area (Å²) >= 11 is 0. The lowest BCUT2D eigenvalue weighted by atomic mass is 9.86. The van der Waals surface area contributed by atoms with Crippen molar-refractivity contribution in [1.82, 2.24) is 15.2 Å². The molecule has 4 heteroatoms. The van der Waals surface area contributed by atoms with E-state index < -0.39 is 0 Å². The molecular weight excluding hydrogens is 286 g/mol. The van der Waals surface area contributed by atoms with Crippen molar-refractivity contribution in [2.45, 2.75) is 45.6 Å². The molecule has 0 unspecified atom stereocenters. The summed E-state index contributed by atoms with van der Waals surface area (Å²) in [6, 6.07) is 8.39. The van der Waals surface area contributed by atoms with Gasteiger partial charge >= 0.3 is 0 Å². The Bertz CT molecular complexity index is 737. The van der Waals surface area contributed by atoms with Gasteiger partial charge in [-0.25, -0.2) is 0 Å². The molecule has 2 N–H and O–H groups in total. The first-order chi connectivity index (χ1) is 10.7. The number of hydrogen-bond donors (Lipinski definition) is 2. The lowest BCUT2D eigenvalue weighted by Crippen LogP contribution is -2.58. The first-order valence-corrected chi connectivity index (χ1v) is 8.33. The van der Waals surface area contributed by atoms with E-state index in [0.717, 1.165) is 30.5 Å². The molecule has 1 aromatic heterocycles. The predicted molar refractivity (Wildman–Crippen MR) is 95.0 cm³/mol. The van der Waals surface area contributed by atoms with Crippen LogP contribution in [0.1, 0.15) is 50.7 Å². The summed E-state index contributed by atoms with van der Waals surface area (Å²) in [7, 11) is 0. The van der Waals surface area contributed by atoms with Crippen LogP contribution in [0.2, 0.25) is 0 Å². The van der Waals surface area contributed by atoms with Crippen LogP contribution >= 0.6 is 0 Å². The first kappa shape index (κ1) is 16.1. The van der Waals surface area contributed by atoms with Gasteiger partial charge in [-0.3, -0.25) is 4.79 Å². The van der Waals surface area contributed by atoms with E-state index in [1.54, 1.807) is 0 Å². The number of nitrogens with one attached hydrogen (secondary N) is 2. The second-order valence-corrected chi connectivity index (χ2v) is 8.27. The molecule has 0 spiro atoms. The van der Waals surface area contributed by atoms with Gasteiger partial charge in [-0.2, -0.15) is 0 Å². The minimum absolute atomic E-state index is 0.0284. The summed E-state index contributed by atoms with van der Waals surface area (Å²) in [4.78, 5) is 18.0. The number of H-pyrrole nitrogens is 1. The highest BCUT2D eigenvalue weighted by Crippen LogP contribution is 2.27. The summed E-state index contributed by atoms with van der Waals surface area (Å²) in [6.45, 7) is 13.2. The van der Waals surface area contributed by atoms with Crippen LogP contribution in [0.4, 0.5) is 0 Å². The van der Waals surface area contributed by atoms with E-state index in [2.05, 4.69) is 63.1 Å². The van der Waals surface area contributed by atoms with Gasteiger partial charge in [0.15, 0.2) is 0 Å². The predicted octanol–water partition coefficient (Wildman–Crippen LogP) is 3.29. The van der Waals surface area contributed by atoms with Crippen LogP contribution in [0.25, 0.3) is 10.9 Å². The summed E-state index contributed by atoms with van der Waals surface area (Å²) in [6.07, 6.45) is 0. The fourth-order valence-corrected chi connectivity index (χ4v) is 3.20. The zero-order valence-electron chi connectivity index (χ0n) is 14.8. The number of aromatic amines is 1. The van der Waals surface area contributed by atoms with E-state index in [0.29, 0.717) is 5.69 Å². The van der Waals surface area contributed by atoms with Gasteiger partial charge in [0.05, 0.1) is 0 Å². The maximum atomic E-state index is 12.8. The molecular formula is C19H27N3O. The van der Waals surface area contributed by atoms with Gasteiger partial charge in [0.25, 0.3) is 5.91 Å². The van der Waals surface area contributed by atoms with Crippen molar-refractivity contribution in [2.24, 2.45) is 0 Å². The second kappa shape index (κ2) is 5.38. The third-order valence-electron chi connectivity index (χ3n) is 4.58. The standard InChI is InChI=1S/C19H27N3O/c1-18(2,3)14-6-7-15-13(10-14)11-16(21-15)17(23)22-9-8-20-19(4,5)12-22/h6-7,10-11,20-21H,8-9,12H2,1-5H3. The van der Waals surface area contributed by atoms with E-state index in [1.165, 1.54) is 5.56 Å².